The van der Waals surface area contributed by atoms with E-state index in [0.29, 0.717) is 42.3 Å². The molecule has 1 amide bonds. The van der Waals surface area contributed by atoms with Crippen molar-refractivity contribution in [3.05, 3.63) is 85.8 Å². The Balaban J connectivity index is 1.45. The predicted octanol–water partition coefficient (Wildman–Crippen LogP) is 4.16. The molecule has 11 nitrogen and oxygen atoms in total. The summed E-state index contributed by atoms with van der Waals surface area (Å²) in [5.74, 6) is -0.983. The van der Waals surface area contributed by atoms with Crippen LogP contribution in [0.5, 0.6) is 5.88 Å². The first-order valence-corrected chi connectivity index (χ1v) is 14.4. The second-order valence-corrected chi connectivity index (χ2v) is 10.9. The Kier molecular flexibility index (Phi) is 9.56. The lowest BCUT2D eigenvalue weighted by atomic mass is 10.00. The second-order valence-electron chi connectivity index (χ2n) is 10.2. The number of halogens is 3. The summed E-state index contributed by atoms with van der Waals surface area (Å²) in [6, 6.07) is 10.9. The Morgan fingerprint density at radius 2 is 1.93 bits per heavy atom. The molecule has 0 radical (unpaired) electrons. The summed E-state index contributed by atoms with van der Waals surface area (Å²) in [6.45, 7) is 2.81. The Morgan fingerprint density at radius 1 is 1.16 bits per heavy atom. The Hall–Kier alpha value is -3.94. The topological polar surface area (TPSA) is 140 Å². The number of pyridine rings is 1. The Morgan fingerprint density at radius 3 is 2.68 bits per heavy atom. The zero-order valence-corrected chi connectivity index (χ0v) is 25.5. The van der Waals surface area contributed by atoms with Gasteiger partial charge in [-0.1, -0.05) is 47.5 Å². The van der Waals surface area contributed by atoms with Crippen molar-refractivity contribution >= 4 is 34.8 Å². The summed E-state index contributed by atoms with van der Waals surface area (Å²) in [5.41, 5.74) is 1.21. The molecule has 4 aromatic rings. The van der Waals surface area contributed by atoms with Gasteiger partial charge in [0.05, 0.1) is 41.2 Å². The third-order valence-electron chi connectivity index (χ3n) is 7.14. The number of carbonyl (C=O) groups excluding carboxylic acids is 1. The smallest absolute Gasteiger partial charge is 0.298 e. The maximum absolute atomic E-state index is 14.9. The minimum atomic E-state index is -0.869. The van der Waals surface area contributed by atoms with Crippen LogP contribution in [0.25, 0.3) is 22.4 Å². The Labute approximate surface area is 262 Å². The van der Waals surface area contributed by atoms with Gasteiger partial charge in [-0.05, 0) is 31.5 Å². The van der Waals surface area contributed by atoms with Crippen molar-refractivity contribution in [3.8, 4) is 28.3 Å². The number of ether oxygens (including phenoxy) is 2. The van der Waals surface area contributed by atoms with E-state index in [1.165, 1.54) is 27.1 Å². The van der Waals surface area contributed by atoms with Gasteiger partial charge < -0.3 is 25.2 Å². The highest BCUT2D eigenvalue weighted by molar-refractivity contribution is 6.39. The first kappa shape index (κ1) is 31.5. The number of aryl methyl sites for hydroxylation is 2. The number of aliphatic hydroxyl groups excluding tert-OH is 1. The van der Waals surface area contributed by atoms with Crippen molar-refractivity contribution in [2.24, 2.45) is 7.05 Å². The molecule has 14 heteroatoms. The summed E-state index contributed by atoms with van der Waals surface area (Å²) in [5, 5.41) is 20.1. The largest absolute Gasteiger partial charge is 0.481 e. The van der Waals surface area contributed by atoms with E-state index in [-0.39, 0.29) is 39.8 Å². The van der Waals surface area contributed by atoms with Crippen LogP contribution >= 0.6 is 23.2 Å². The number of aliphatic hydroxyl groups is 1. The molecule has 0 unspecified atom stereocenters. The number of aromatic nitrogens is 4. The zero-order chi connectivity index (χ0) is 31.5. The number of methoxy groups -OCH3 is 1. The van der Waals surface area contributed by atoms with Gasteiger partial charge in [0.1, 0.15) is 11.6 Å². The quantitative estimate of drug-likeness (QED) is 0.258. The highest BCUT2D eigenvalue weighted by Gasteiger charge is 2.24. The van der Waals surface area contributed by atoms with E-state index in [1.54, 1.807) is 24.3 Å². The molecular weight excluding hydrogens is 614 g/mol. The molecule has 3 heterocycles. The molecular formula is C30H29Cl2FN6O5. The summed E-state index contributed by atoms with van der Waals surface area (Å²) < 4.78 is 26.7. The molecule has 0 spiro atoms. The summed E-state index contributed by atoms with van der Waals surface area (Å²) in [6.07, 6.45) is 0.0836. The van der Waals surface area contributed by atoms with Crippen LogP contribution in [0.4, 0.5) is 10.1 Å². The van der Waals surface area contributed by atoms with Gasteiger partial charge in [-0.3, -0.25) is 9.59 Å². The number of amides is 1. The van der Waals surface area contributed by atoms with Crippen LogP contribution in [-0.4, -0.2) is 63.2 Å². The first-order chi connectivity index (χ1) is 21.1. The average Bonchev–Trinajstić information content (AvgIpc) is 3.00. The van der Waals surface area contributed by atoms with Gasteiger partial charge in [0.15, 0.2) is 5.69 Å². The van der Waals surface area contributed by atoms with Gasteiger partial charge in [0.25, 0.3) is 11.5 Å². The molecule has 2 aromatic heterocycles. The SMILES string of the molecule is COc1nc(-c2cccc(-c3cc(F)cc(NC(=O)c4nc(C)nn(C)c4=O)c3Cl)c2Cl)ccc1CN[C@@H]1CCOC[C@@H]1O. The van der Waals surface area contributed by atoms with E-state index in [4.69, 9.17) is 32.7 Å². The molecule has 1 fully saturated rings. The van der Waals surface area contributed by atoms with Crippen molar-refractivity contribution in [2.75, 3.05) is 25.6 Å². The highest BCUT2D eigenvalue weighted by Crippen LogP contribution is 2.42. The molecule has 44 heavy (non-hydrogen) atoms. The molecule has 1 saturated heterocycles. The predicted molar refractivity (Wildman–Crippen MR) is 164 cm³/mol. The molecule has 2 atom stereocenters. The fourth-order valence-electron chi connectivity index (χ4n) is 4.92. The van der Waals surface area contributed by atoms with Crippen LogP contribution in [0.1, 0.15) is 28.3 Å². The van der Waals surface area contributed by atoms with E-state index in [1.807, 2.05) is 6.07 Å². The highest BCUT2D eigenvalue weighted by atomic mass is 35.5. The number of hydrogen-bond donors (Lipinski definition) is 3. The van der Waals surface area contributed by atoms with Crippen LogP contribution in [0, 0.1) is 12.7 Å². The molecule has 230 valence electrons. The van der Waals surface area contributed by atoms with Gasteiger partial charge >= 0.3 is 0 Å². The summed E-state index contributed by atoms with van der Waals surface area (Å²) >= 11 is 13.5. The van der Waals surface area contributed by atoms with Gasteiger partial charge in [0.2, 0.25) is 5.88 Å². The van der Waals surface area contributed by atoms with E-state index < -0.39 is 29.1 Å². The number of nitrogens with zero attached hydrogens (tertiary/aromatic N) is 4. The van der Waals surface area contributed by atoms with Crippen molar-refractivity contribution in [1.82, 2.24) is 25.1 Å². The van der Waals surface area contributed by atoms with Crippen molar-refractivity contribution in [1.29, 1.82) is 0 Å². The molecule has 2 aromatic carbocycles. The van der Waals surface area contributed by atoms with Gasteiger partial charge in [-0.2, -0.15) is 5.10 Å². The van der Waals surface area contributed by atoms with Crippen LogP contribution < -0.4 is 20.9 Å². The van der Waals surface area contributed by atoms with Crippen molar-refractivity contribution < 1.29 is 23.8 Å². The lowest BCUT2D eigenvalue weighted by Gasteiger charge is -2.28. The zero-order valence-electron chi connectivity index (χ0n) is 24.0. The molecule has 0 aliphatic carbocycles. The monoisotopic (exact) mass is 642 g/mol. The molecule has 1 aliphatic rings. The minimum Gasteiger partial charge on any atom is -0.481 e. The summed E-state index contributed by atoms with van der Waals surface area (Å²) in [7, 11) is 2.90. The molecule has 1 aliphatic heterocycles. The molecule has 3 N–H and O–H groups in total. The number of carbonyl (C=O) groups is 1. The van der Waals surface area contributed by atoms with E-state index in [0.717, 1.165) is 16.3 Å². The third-order valence-corrected chi connectivity index (χ3v) is 7.96. The fraction of sp³-hybridized carbons (Fsp3) is 0.300. The number of anilines is 1. The minimum absolute atomic E-state index is 0.00339. The van der Waals surface area contributed by atoms with E-state index in [2.05, 4.69) is 25.7 Å². The number of nitrogens with one attached hydrogen (secondary N) is 2. The Bertz CT molecular complexity index is 1790. The maximum Gasteiger partial charge on any atom is 0.298 e. The number of benzene rings is 2. The lowest BCUT2D eigenvalue weighted by Crippen LogP contribution is -2.46. The van der Waals surface area contributed by atoms with Gasteiger partial charge in [0, 0.05) is 48.5 Å². The molecule has 5 rings (SSSR count). The van der Waals surface area contributed by atoms with Crippen LogP contribution in [0.2, 0.25) is 10.0 Å². The van der Waals surface area contributed by atoms with Gasteiger partial charge in [-0.15, -0.1) is 0 Å². The van der Waals surface area contributed by atoms with E-state index in [9.17, 15) is 19.1 Å². The van der Waals surface area contributed by atoms with Crippen LogP contribution in [0.3, 0.4) is 0 Å². The number of rotatable bonds is 8. The van der Waals surface area contributed by atoms with Crippen molar-refractivity contribution in [2.45, 2.75) is 32.0 Å². The van der Waals surface area contributed by atoms with Crippen molar-refractivity contribution in [3.63, 3.8) is 0 Å². The number of hydrogen-bond acceptors (Lipinski definition) is 9. The van der Waals surface area contributed by atoms with Crippen LogP contribution in [0.15, 0.2) is 47.3 Å². The molecule has 0 bridgehead atoms. The van der Waals surface area contributed by atoms with Gasteiger partial charge in [-0.25, -0.2) is 19.0 Å². The fourth-order valence-corrected chi connectivity index (χ4v) is 5.51. The van der Waals surface area contributed by atoms with Crippen LogP contribution in [-0.2, 0) is 18.3 Å². The van der Waals surface area contributed by atoms with E-state index >= 15 is 0 Å². The third kappa shape index (κ3) is 6.59. The average molecular weight is 644 g/mol. The normalized spacial score (nSPS) is 16.5. The standard InChI is InChI=1S/C30H29Cl2FN6O5/c1-15-35-27(30(42)39(2)38-15)28(41)36-23-12-17(33)11-20(26(23)32)18-5-4-6-19(25(18)31)21-8-7-16(29(37-21)43-3)13-34-22-9-10-44-14-24(22)40/h4-8,11-12,22,24,34,40H,9-10,13-14H2,1-3H3,(H,36,41)/t22-,24+/m1/s1. The maximum atomic E-state index is 14.9. The molecule has 0 saturated carbocycles. The second kappa shape index (κ2) is 13.4. The lowest BCUT2D eigenvalue weighted by molar-refractivity contribution is -0.0281. The summed E-state index contributed by atoms with van der Waals surface area (Å²) in [4.78, 5) is 33.9. The first-order valence-electron chi connectivity index (χ1n) is 13.6.